The van der Waals surface area contributed by atoms with Crippen LogP contribution in [0.1, 0.15) is 53.0 Å². The second kappa shape index (κ2) is 10.4. The van der Waals surface area contributed by atoms with Gasteiger partial charge in [0.05, 0.1) is 6.61 Å². The van der Waals surface area contributed by atoms with Crippen LogP contribution in [0.15, 0.2) is 48.5 Å². The SMILES string of the molecule is Cc1ccccc1C(=O)N1C(C(=O)NCC(C)C)COC12CCN(C(=O)c1ccc(Cl)cc1)CC2. The van der Waals surface area contributed by atoms with Gasteiger partial charge in [0.2, 0.25) is 5.91 Å². The van der Waals surface area contributed by atoms with Crippen LogP contribution in [0.2, 0.25) is 5.02 Å². The maximum absolute atomic E-state index is 13.8. The van der Waals surface area contributed by atoms with Crippen LogP contribution in [0.4, 0.5) is 0 Å². The first-order valence-corrected chi connectivity index (χ1v) is 12.5. The van der Waals surface area contributed by atoms with Crippen LogP contribution in [0, 0.1) is 12.8 Å². The molecule has 8 heteroatoms. The zero-order chi connectivity index (χ0) is 25.2. The molecule has 1 unspecified atom stereocenters. The Morgan fingerprint density at radius 2 is 1.71 bits per heavy atom. The molecular weight excluding hydrogens is 466 g/mol. The molecular formula is C27H32ClN3O4. The van der Waals surface area contributed by atoms with Crippen molar-refractivity contribution in [3.8, 4) is 0 Å². The summed E-state index contributed by atoms with van der Waals surface area (Å²) in [6.07, 6.45) is 0.857. The number of amides is 3. The minimum absolute atomic E-state index is 0.0856. The quantitative estimate of drug-likeness (QED) is 0.679. The zero-order valence-electron chi connectivity index (χ0n) is 20.4. The third-order valence-corrected chi connectivity index (χ3v) is 7.02. The summed E-state index contributed by atoms with van der Waals surface area (Å²) in [7, 11) is 0. The second-order valence-corrected chi connectivity index (χ2v) is 10.1. The minimum atomic E-state index is -0.935. The number of hydrogen-bond donors (Lipinski definition) is 1. The monoisotopic (exact) mass is 497 g/mol. The highest BCUT2D eigenvalue weighted by molar-refractivity contribution is 6.30. The Morgan fingerprint density at radius 3 is 2.34 bits per heavy atom. The maximum atomic E-state index is 13.8. The molecule has 1 atom stereocenters. The van der Waals surface area contributed by atoms with E-state index in [0.717, 1.165) is 5.56 Å². The van der Waals surface area contributed by atoms with Crippen LogP contribution < -0.4 is 5.32 Å². The van der Waals surface area contributed by atoms with Crippen LogP contribution >= 0.6 is 11.6 Å². The molecule has 0 bridgehead atoms. The molecule has 35 heavy (non-hydrogen) atoms. The van der Waals surface area contributed by atoms with Crippen molar-refractivity contribution >= 4 is 29.3 Å². The van der Waals surface area contributed by atoms with Gasteiger partial charge in [-0.15, -0.1) is 0 Å². The standard InChI is InChI=1S/C27H32ClN3O4/c1-18(2)16-29-24(32)23-17-35-27(31(23)26(34)22-7-5-4-6-19(22)3)12-14-30(15-13-27)25(33)20-8-10-21(28)11-9-20/h4-11,18,23H,12-17H2,1-3H3,(H,29,32). The van der Waals surface area contributed by atoms with Crippen molar-refractivity contribution in [1.82, 2.24) is 15.1 Å². The number of halogens is 1. The van der Waals surface area contributed by atoms with Crippen molar-refractivity contribution in [2.45, 2.75) is 45.4 Å². The van der Waals surface area contributed by atoms with E-state index in [1.54, 1.807) is 40.1 Å². The van der Waals surface area contributed by atoms with Crippen LogP contribution in [0.3, 0.4) is 0 Å². The van der Waals surface area contributed by atoms with Gasteiger partial charge in [-0.05, 0) is 48.7 Å². The van der Waals surface area contributed by atoms with Crippen LogP contribution in [0.5, 0.6) is 0 Å². The highest BCUT2D eigenvalue weighted by atomic mass is 35.5. The average molecular weight is 498 g/mol. The average Bonchev–Trinajstić information content (AvgIpc) is 3.21. The highest BCUT2D eigenvalue weighted by Crippen LogP contribution is 2.39. The fourth-order valence-corrected chi connectivity index (χ4v) is 4.89. The first-order valence-electron chi connectivity index (χ1n) is 12.1. The van der Waals surface area contributed by atoms with Gasteiger partial charge in [0.1, 0.15) is 11.8 Å². The molecule has 4 rings (SSSR count). The smallest absolute Gasteiger partial charge is 0.257 e. The van der Waals surface area contributed by atoms with E-state index in [2.05, 4.69) is 5.32 Å². The predicted octanol–water partition coefficient (Wildman–Crippen LogP) is 3.89. The van der Waals surface area contributed by atoms with E-state index in [0.29, 0.717) is 48.6 Å². The van der Waals surface area contributed by atoms with Crippen LogP contribution in [-0.4, -0.2) is 65.5 Å². The fourth-order valence-electron chi connectivity index (χ4n) is 4.77. The van der Waals surface area contributed by atoms with Gasteiger partial charge >= 0.3 is 0 Å². The molecule has 3 amide bonds. The van der Waals surface area contributed by atoms with Gasteiger partial charge in [-0.25, -0.2) is 0 Å². The molecule has 186 valence electrons. The number of aryl methyl sites for hydroxylation is 1. The van der Waals surface area contributed by atoms with Gasteiger partial charge in [0.25, 0.3) is 11.8 Å². The molecule has 1 N–H and O–H groups in total. The van der Waals surface area contributed by atoms with Crippen molar-refractivity contribution in [2.24, 2.45) is 5.92 Å². The van der Waals surface area contributed by atoms with E-state index in [1.165, 1.54) is 0 Å². The molecule has 7 nitrogen and oxygen atoms in total. The number of benzene rings is 2. The number of ether oxygens (including phenoxy) is 1. The van der Waals surface area contributed by atoms with Crippen molar-refractivity contribution in [3.63, 3.8) is 0 Å². The minimum Gasteiger partial charge on any atom is -0.354 e. The first kappa shape index (κ1) is 25.2. The summed E-state index contributed by atoms with van der Waals surface area (Å²) in [6.45, 7) is 7.43. The summed E-state index contributed by atoms with van der Waals surface area (Å²) in [5.74, 6) is -0.227. The van der Waals surface area contributed by atoms with Crippen LogP contribution in [0.25, 0.3) is 0 Å². The molecule has 1 spiro atoms. The van der Waals surface area contributed by atoms with Crippen molar-refractivity contribution < 1.29 is 19.1 Å². The van der Waals surface area contributed by atoms with E-state index in [4.69, 9.17) is 16.3 Å². The largest absolute Gasteiger partial charge is 0.354 e. The van der Waals surface area contributed by atoms with E-state index in [1.807, 2.05) is 39.0 Å². The number of piperidine rings is 1. The zero-order valence-corrected chi connectivity index (χ0v) is 21.2. The van der Waals surface area contributed by atoms with E-state index < -0.39 is 11.8 Å². The summed E-state index contributed by atoms with van der Waals surface area (Å²) in [5, 5.41) is 3.54. The number of nitrogens with one attached hydrogen (secondary N) is 1. The molecule has 0 radical (unpaired) electrons. The predicted molar refractivity (Wildman–Crippen MR) is 134 cm³/mol. The van der Waals surface area contributed by atoms with Crippen molar-refractivity contribution in [1.29, 1.82) is 0 Å². The maximum Gasteiger partial charge on any atom is 0.257 e. The number of rotatable bonds is 5. The lowest BCUT2D eigenvalue weighted by atomic mass is 9.95. The molecule has 2 fully saturated rings. The second-order valence-electron chi connectivity index (χ2n) is 9.70. The number of nitrogens with zero attached hydrogens (tertiary/aromatic N) is 2. The number of carbonyl (C=O) groups is 3. The van der Waals surface area contributed by atoms with Crippen LogP contribution in [-0.2, 0) is 9.53 Å². The van der Waals surface area contributed by atoms with Crippen molar-refractivity contribution in [3.05, 3.63) is 70.2 Å². The molecule has 0 aromatic heterocycles. The normalized spacial score (nSPS) is 19.3. The van der Waals surface area contributed by atoms with Gasteiger partial charge in [0, 0.05) is 48.6 Å². The lowest BCUT2D eigenvalue weighted by Gasteiger charge is -2.44. The third-order valence-electron chi connectivity index (χ3n) is 6.77. The number of carbonyl (C=O) groups excluding carboxylic acids is 3. The number of hydrogen-bond acceptors (Lipinski definition) is 4. The van der Waals surface area contributed by atoms with Gasteiger partial charge in [-0.3, -0.25) is 19.3 Å². The Bertz CT molecular complexity index is 1090. The molecule has 2 aromatic carbocycles. The van der Waals surface area contributed by atoms with Crippen molar-refractivity contribution in [2.75, 3.05) is 26.2 Å². The lowest BCUT2D eigenvalue weighted by Crippen LogP contribution is -2.60. The Labute approximate surface area is 211 Å². The highest BCUT2D eigenvalue weighted by Gasteiger charge is 2.54. The molecule has 2 heterocycles. The Hall–Kier alpha value is -2.90. The van der Waals surface area contributed by atoms with Gasteiger partial charge in [0.15, 0.2) is 0 Å². The third kappa shape index (κ3) is 5.21. The Balaban J connectivity index is 1.57. The molecule has 0 saturated carbocycles. The van der Waals surface area contributed by atoms with E-state index in [-0.39, 0.29) is 30.2 Å². The fraction of sp³-hybridized carbons (Fsp3) is 0.444. The summed E-state index contributed by atoms with van der Waals surface area (Å²) in [5.41, 5.74) is 1.03. The van der Waals surface area contributed by atoms with Gasteiger partial charge in [-0.1, -0.05) is 43.6 Å². The summed E-state index contributed by atoms with van der Waals surface area (Å²) < 4.78 is 6.26. The molecule has 2 aliphatic heterocycles. The molecule has 2 saturated heterocycles. The van der Waals surface area contributed by atoms with Gasteiger partial charge < -0.3 is 15.0 Å². The first-order chi connectivity index (χ1) is 16.7. The Morgan fingerprint density at radius 1 is 1.06 bits per heavy atom. The molecule has 2 aliphatic rings. The summed E-state index contributed by atoms with van der Waals surface area (Å²) in [6, 6.07) is 13.5. The summed E-state index contributed by atoms with van der Waals surface area (Å²) >= 11 is 5.96. The number of likely N-dealkylation sites (tertiary alicyclic amines) is 1. The van der Waals surface area contributed by atoms with E-state index >= 15 is 0 Å². The van der Waals surface area contributed by atoms with Gasteiger partial charge in [-0.2, -0.15) is 0 Å². The Kier molecular flexibility index (Phi) is 7.47. The topological polar surface area (TPSA) is 79.0 Å². The van der Waals surface area contributed by atoms with E-state index in [9.17, 15) is 14.4 Å². The molecule has 2 aromatic rings. The lowest BCUT2D eigenvalue weighted by molar-refractivity contribution is -0.128. The molecule has 0 aliphatic carbocycles. The summed E-state index contributed by atoms with van der Waals surface area (Å²) in [4.78, 5) is 43.4.